The molecule has 0 heterocycles. The third-order valence-electron chi connectivity index (χ3n) is 3.21. The van der Waals surface area contributed by atoms with Crippen molar-refractivity contribution < 1.29 is 4.79 Å². The highest BCUT2D eigenvalue weighted by Crippen LogP contribution is 2.31. The maximum atomic E-state index is 11.6. The zero-order valence-electron chi connectivity index (χ0n) is 9.24. The Labute approximate surface area is 109 Å². The van der Waals surface area contributed by atoms with Crippen LogP contribution in [-0.2, 0) is 6.42 Å². The van der Waals surface area contributed by atoms with Crippen molar-refractivity contribution in [3.8, 4) is 11.1 Å². The number of aryl methyl sites for hydroxylation is 1. The van der Waals surface area contributed by atoms with Crippen LogP contribution < -0.4 is 0 Å². The summed E-state index contributed by atoms with van der Waals surface area (Å²) in [5, 5.41) is 0. The molecule has 1 aliphatic carbocycles. The van der Waals surface area contributed by atoms with E-state index in [1.807, 2.05) is 30.3 Å². The number of hydrogen-bond donors (Lipinski definition) is 0. The lowest BCUT2D eigenvalue weighted by Crippen LogP contribution is -1.91. The van der Waals surface area contributed by atoms with E-state index in [-0.39, 0.29) is 5.78 Å². The van der Waals surface area contributed by atoms with Gasteiger partial charge in [0.05, 0.1) is 0 Å². The third-order valence-corrected chi connectivity index (χ3v) is 3.90. The Kier molecular flexibility index (Phi) is 2.60. The van der Waals surface area contributed by atoms with Gasteiger partial charge in [0, 0.05) is 16.5 Å². The van der Waals surface area contributed by atoms with Crippen LogP contribution in [0.2, 0.25) is 0 Å². The topological polar surface area (TPSA) is 17.1 Å². The van der Waals surface area contributed by atoms with Crippen molar-refractivity contribution in [3.05, 3.63) is 58.1 Å². The van der Waals surface area contributed by atoms with Crippen molar-refractivity contribution in [3.63, 3.8) is 0 Å². The summed E-state index contributed by atoms with van der Waals surface area (Å²) in [6, 6.07) is 14.3. The molecule has 0 amide bonds. The predicted molar refractivity (Wildman–Crippen MR) is 72.2 cm³/mol. The molecule has 0 aliphatic heterocycles. The molecule has 1 aliphatic rings. The predicted octanol–water partition coefficient (Wildman–Crippen LogP) is 4.25. The fourth-order valence-corrected chi connectivity index (χ4v) is 2.83. The van der Waals surface area contributed by atoms with Gasteiger partial charge in [0.1, 0.15) is 0 Å². The van der Waals surface area contributed by atoms with Gasteiger partial charge in [0.15, 0.2) is 5.78 Å². The van der Waals surface area contributed by atoms with E-state index in [9.17, 15) is 4.79 Å². The molecule has 17 heavy (non-hydrogen) atoms. The summed E-state index contributed by atoms with van der Waals surface area (Å²) in [6.45, 7) is 0. The quantitative estimate of drug-likeness (QED) is 0.766. The SMILES string of the molecule is O=C1CCc2cc(-c3ccccc3Br)ccc21. The summed E-state index contributed by atoms with van der Waals surface area (Å²) in [7, 11) is 0. The normalized spacial score (nSPS) is 13.8. The third kappa shape index (κ3) is 1.83. The fourth-order valence-electron chi connectivity index (χ4n) is 2.32. The second-order valence-corrected chi connectivity index (χ2v) is 5.13. The molecule has 1 nitrogen and oxygen atoms in total. The van der Waals surface area contributed by atoms with Crippen LogP contribution in [0.5, 0.6) is 0 Å². The molecule has 2 aromatic carbocycles. The van der Waals surface area contributed by atoms with E-state index < -0.39 is 0 Å². The van der Waals surface area contributed by atoms with Crippen LogP contribution in [0, 0.1) is 0 Å². The van der Waals surface area contributed by atoms with Gasteiger partial charge >= 0.3 is 0 Å². The second-order valence-electron chi connectivity index (χ2n) is 4.27. The Morgan fingerprint density at radius 3 is 2.59 bits per heavy atom. The van der Waals surface area contributed by atoms with E-state index >= 15 is 0 Å². The maximum Gasteiger partial charge on any atom is 0.163 e. The number of carbonyl (C=O) groups excluding carboxylic acids is 1. The summed E-state index contributed by atoms with van der Waals surface area (Å²) in [6.07, 6.45) is 1.54. The monoisotopic (exact) mass is 286 g/mol. The standard InChI is InChI=1S/C15H11BrO/c16-14-4-2-1-3-12(14)10-5-7-13-11(9-10)6-8-15(13)17/h1-5,7,9H,6,8H2. The first kappa shape index (κ1) is 10.7. The van der Waals surface area contributed by atoms with Gasteiger partial charge in [-0.15, -0.1) is 0 Å². The van der Waals surface area contributed by atoms with Crippen LogP contribution >= 0.6 is 15.9 Å². The largest absolute Gasteiger partial charge is 0.294 e. The molecule has 84 valence electrons. The van der Waals surface area contributed by atoms with Crippen LogP contribution in [0.4, 0.5) is 0 Å². The molecule has 2 heteroatoms. The molecule has 0 unspecified atom stereocenters. The molecule has 0 N–H and O–H groups in total. The van der Waals surface area contributed by atoms with Gasteiger partial charge in [0.2, 0.25) is 0 Å². The highest BCUT2D eigenvalue weighted by atomic mass is 79.9. The molecule has 0 bridgehead atoms. The van der Waals surface area contributed by atoms with Crippen LogP contribution in [0.1, 0.15) is 22.3 Å². The van der Waals surface area contributed by atoms with Gasteiger partial charge in [-0.05, 0) is 29.2 Å². The molecule has 0 radical (unpaired) electrons. The lowest BCUT2D eigenvalue weighted by molar-refractivity contribution is 0.0994. The van der Waals surface area contributed by atoms with Crippen molar-refractivity contribution in [1.29, 1.82) is 0 Å². The van der Waals surface area contributed by atoms with Gasteiger partial charge in [-0.2, -0.15) is 0 Å². The summed E-state index contributed by atoms with van der Waals surface area (Å²) in [4.78, 5) is 11.6. The Hall–Kier alpha value is -1.41. The Bertz CT molecular complexity index is 602. The van der Waals surface area contributed by atoms with E-state index in [1.54, 1.807) is 0 Å². The molecular formula is C15H11BrO. The molecule has 0 fully saturated rings. The van der Waals surface area contributed by atoms with Crippen molar-refractivity contribution in [2.24, 2.45) is 0 Å². The molecule has 3 rings (SSSR count). The molecule has 0 atom stereocenters. The Balaban J connectivity index is 2.12. The number of ketones is 1. The molecule has 0 spiro atoms. The number of Topliss-reactive ketones (excluding diaryl/α,β-unsaturated/α-hetero) is 1. The average molecular weight is 287 g/mol. The van der Waals surface area contributed by atoms with Gasteiger partial charge < -0.3 is 0 Å². The lowest BCUT2D eigenvalue weighted by Gasteiger charge is -2.06. The molecular weight excluding hydrogens is 276 g/mol. The molecule has 0 aromatic heterocycles. The molecule has 0 saturated carbocycles. The van der Waals surface area contributed by atoms with Crippen LogP contribution in [-0.4, -0.2) is 5.78 Å². The first-order chi connectivity index (χ1) is 8.25. The minimum Gasteiger partial charge on any atom is -0.294 e. The first-order valence-corrected chi connectivity index (χ1v) is 6.46. The average Bonchev–Trinajstić information content (AvgIpc) is 2.71. The lowest BCUT2D eigenvalue weighted by atomic mass is 10.0. The zero-order valence-corrected chi connectivity index (χ0v) is 10.8. The van der Waals surface area contributed by atoms with Gasteiger partial charge in [-0.1, -0.05) is 52.3 Å². The zero-order chi connectivity index (χ0) is 11.8. The minimum atomic E-state index is 0.277. The highest BCUT2D eigenvalue weighted by Gasteiger charge is 2.19. The van der Waals surface area contributed by atoms with Gasteiger partial charge in [-0.3, -0.25) is 4.79 Å². The summed E-state index contributed by atoms with van der Waals surface area (Å²) in [5.41, 5.74) is 4.43. The smallest absolute Gasteiger partial charge is 0.163 e. The maximum absolute atomic E-state index is 11.6. The van der Waals surface area contributed by atoms with E-state index in [1.165, 1.54) is 16.7 Å². The number of halogens is 1. The summed E-state index contributed by atoms with van der Waals surface area (Å²) >= 11 is 3.56. The van der Waals surface area contributed by atoms with Crippen molar-refractivity contribution in [1.82, 2.24) is 0 Å². The number of carbonyl (C=O) groups is 1. The number of hydrogen-bond acceptors (Lipinski definition) is 1. The van der Waals surface area contributed by atoms with Gasteiger partial charge in [0.25, 0.3) is 0 Å². The van der Waals surface area contributed by atoms with Crippen molar-refractivity contribution in [2.75, 3.05) is 0 Å². The van der Waals surface area contributed by atoms with Crippen molar-refractivity contribution >= 4 is 21.7 Å². The Morgan fingerprint density at radius 1 is 0.941 bits per heavy atom. The van der Waals surface area contributed by atoms with Crippen LogP contribution in [0.15, 0.2) is 46.9 Å². The van der Waals surface area contributed by atoms with E-state index in [2.05, 4.69) is 28.1 Å². The van der Waals surface area contributed by atoms with E-state index in [0.29, 0.717) is 6.42 Å². The fraction of sp³-hybridized carbons (Fsp3) is 0.133. The second kappa shape index (κ2) is 4.11. The summed E-state index contributed by atoms with van der Waals surface area (Å²) in [5.74, 6) is 0.277. The van der Waals surface area contributed by atoms with E-state index in [4.69, 9.17) is 0 Å². The number of fused-ring (bicyclic) bond motifs is 1. The first-order valence-electron chi connectivity index (χ1n) is 5.67. The van der Waals surface area contributed by atoms with Crippen LogP contribution in [0.25, 0.3) is 11.1 Å². The number of benzene rings is 2. The van der Waals surface area contributed by atoms with Gasteiger partial charge in [-0.25, -0.2) is 0 Å². The number of rotatable bonds is 1. The van der Waals surface area contributed by atoms with Crippen molar-refractivity contribution in [2.45, 2.75) is 12.8 Å². The highest BCUT2D eigenvalue weighted by molar-refractivity contribution is 9.10. The Morgan fingerprint density at radius 2 is 1.76 bits per heavy atom. The minimum absolute atomic E-state index is 0.277. The molecule has 0 saturated heterocycles. The van der Waals surface area contributed by atoms with Crippen LogP contribution in [0.3, 0.4) is 0 Å². The molecule has 2 aromatic rings. The van der Waals surface area contributed by atoms with E-state index in [0.717, 1.165) is 16.5 Å². The summed E-state index contributed by atoms with van der Waals surface area (Å²) < 4.78 is 1.09.